The summed E-state index contributed by atoms with van der Waals surface area (Å²) < 4.78 is 5.39. The van der Waals surface area contributed by atoms with E-state index in [-0.39, 0.29) is 17.9 Å². The molecule has 0 saturated carbocycles. The van der Waals surface area contributed by atoms with Crippen LogP contribution in [0.2, 0.25) is 0 Å². The first-order valence-electron chi connectivity index (χ1n) is 8.40. The molecule has 0 radical (unpaired) electrons. The largest absolute Gasteiger partial charge is 0.423 e. The minimum absolute atomic E-state index is 0.136. The van der Waals surface area contributed by atoms with Crippen LogP contribution in [0.5, 0.6) is 5.75 Å². The Kier molecular flexibility index (Phi) is 5.74. The van der Waals surface area contributed by atoms with Crippen LogP contribution < -0.4 is 10.6 Å². The molecule has 0 bridgehead atoms. The highest BCUT2D eigenvalue weighted by atomic mass is 16.5. The highest BCUT2D eigenvalue weighted by Crippen LogP contribution is 2.17. The van der Waals surface area contributed by atoms with Crippen molar-refractivity contribution in [2.24, 2.45) is 10.9 Å². The van der Waals surface area contributed by atoms with Crippen molar-refractivity contribution >= 4 is 17.5 Å². The summed E-state index contributed by atoms with van der Waals surface area (Å²) in [4.78, 5) is 24.8. The van der Waals surface area contributed by atoms with Crippen LogP contribution in [0, 0.1) is 0 Å². The molecule has 0 aliphatic carbocycles. The van der Waals surface area contributed by atoms with Gasteiger partial charge in [-0.1, -0.05) is 60.7 Å². The molecule has 2 N–H and O–H groups in total. The number of nitrogens with two attached hydrogens (primary N) is 1. The van der Waals surface area contributed by atoms with E-state index in [1.807, 2.05) is 36.4 Å². The van der Waals surface area contributed by atoms with E-state index in [4.69, 9.17) is 10.6 Å². The molecule has 0 atom stereocenters. The number of nitrogens with zero attached hydrogens (tertiary/aromatic N) is 1. The van der Waals surface area contributed by atoms with Crippen LogP contribution in [-0.4, -0.2) is 17.5 Å². The Labute approximate surface area is 157 Å². The number of Topliss-reactive ketones (excluding diaryl/α,β-unsaturated/α-hetero) is 1. The van der Waals surface area contributed by atoms with Gasteiger partial charge >= 0.3 is 5.97 Å². The van der Waals surface area contributed by atoms with E-state index >= 15 is 0 Å². The van der Waals surface area contributed by atoms with Gasteiger partial charge in [0, 0.05) is 12.0 Å². The summed E-state index contributed by atoms with van der Waals surface area (Å²) in [7, 11) is 0. The molecule has 0 spiro atoms. The Morgan fingerprint density at radius 3 is 2.11 bits per heavy atom. The summed E-state index contributed by atoms with van der Waals surface area (Å²) in [5.41, 5.74) is 1.94. The van der Waals surface area contributed by atoms with E-state index in [0.717, 1.165) is 5.56 Å². The van der Waals surface area contributed by atoms with E-state index in [9.17, 15) is 9.59 Å². The maximum atomic E-state index is 12.6. The topological polar surface area (TPSA) is 81.8 Å². The van der Waals surface area contributed by atoms with Gasteiger partial charge in [0.25, 0.3) is 0 Å². The minimum Gasteiger partial charge on any atom is -0.423 e. The summed E-state index contributed by atoms with van der Waals surface area (Å²) in [6.45, 7) is 0. The zero-order valence-corrected chi connectivity index (χ0v) is 14.5. The predicted octanol–water partition coefficient (Wildman–Crippen LogP) is 3.38. The van der Waals surface area contributed by atoms with Crippen molar-refractivity contribution < 1.29 is 14.3 Å². The maximum absolute atomic E-state index is 12.6. The fraction of sp³-hybridized carbons (Fsp3) is 0.0455. The van der Waals surface area contributed by atoms with Crippen molar-refractivity contribution in [3.05, 3.63) is 102 Å². The van der Waals surface area contributed by atoms with Gasteiger partial charge < -0.3 is 10.6 Å². The second-order valence-electron chi connectivity index (χ2n) is 5.85. The lowest BCUT2D eigenvalue weighted by Gasteiger charge is -2.08. The quantitative estimate of drug-likeness (QED) is 0.241. The van der Waals surface area contributed by atoms with Crippen molar-refractivity contribution in [2.75, 3.05) is 0 Å². The number of esters is 1. The van der Waals surface area contributed by atoms with Crippen LogP contribution in [0.25, 0.3) is 0 Å². The lowest BCUT2D eigenvalue weighted by molar-refractivity contribution is -0.112. The van der Waals surface area contributed by atoms with Gasteiger partial charge in [0.1, 0.15) is 11.5 Å². The summed E-state index contributed by atoms with van der Waals surface area (Å²) in [6.07, 6.45) is 0.185. The van der Waals surface area contributed by atoms with Gasteiger partial charge in [-0.05, 0) is 29.8 Å². The van der Waals surface area contributed by atoms with Crippen LogP contribution >= 0.6 is 0 Å². The number of carbonyl (C=O) groups is 2. The zero-order chi connectivity index (χ0) is 19.1. The van der Waals surface area contributed by atoms with Crippen molar-refractivity contribution in [3.8, 4) is 5.75 Å². The molecule has 0 heterocycles. The minimum atomic E-state index is -0.477. The van der Waals surface area contributed by atoms with Gasteiger partial charge in [0.15, 0.2) is 5.78 Å². The molecule has 3 aromatic rings. The van der Waals surface area contributed by atoms with Gasteiger partial charge in [0.2, 0.25) is 0 Å². The molecule has 134 valence electrons. The van der Waals surface area contributed by atoms with Crippen LogP contribution in [0.4, 0.5) is 0 Å². The molecule has 3 aromatic carbocycles. The molecule has 3 rings (SSSR count). The van der Waals surface area contributed by atoms with E-state index < -0.39 is 5.97 Å². The molecule has 5 nitrogen and oxygen atoms in total. The maximum Gasteiger partial charge on any atom is 0.343 e. The van der Waals surface area contributed by atoms with Crippen molar-refractivity contribution in [1.82, 2.24) is 0 Å². The summed E-state index contributed by atoms with van der Waals surface area (Å²) >= 11 is 0. The average Bonchev–Trinajstić information content (AvgIpc) is 2.70. The number of carbonyl (C=O) groups excluding carboxylic acids is 2. The molecule has 27 heavy (non-hydrogen) atoms. The molecule has 0 saturated heterocycles. The number of ketones is 1. The highest BCUT2D eigenvalue weighted by Gasteiger charge is 2.16. The number of rotatable bonds is 6. The Balaban J connectivity index is 1.77. The van der Waals surface area contributed by atoms with Gasteiger partial charge in [-0.15, -0.1) is 0 Å². The third-order valence-corrected chi connectivity index (χ3v) is 3.93. The summed E-state index contributed by atoms with van der Waals surface area (Å²) in [6, 6.07) is 24.6. The van der Waals surface area contributed by atoms with Crippen LogP contribution in [-0.2, 0) is 11.2 Å². The first kappa shape index (κ1) is 18.1. The van der Waals surface area contributed by atoms with Crippen LogP contribution in [0.1, 0.15) is 21.5 Å². The summed E-state index contributed by atoms with van der Waals surface area (Å²) in [5.74, 6) is 5.09. The highest BCUT2D eigenvalue weighted by molar-refractivity contribution is 6.46. The fourth-order valence-corrected chi connectivity index (χ4v) is 2.62. The van der Waals surface area contributed by atoms with Gasteiger partial charge in [-0.25, -0.2) is 4.79 Å². The van der Waals surface area contributed by atoms with Crippen molar-refractivity contribution in [2.45, 2.75) is 6.42 Å². The predicted molar refractivity (Wildman–Crippen MR) is 104 cm³/mol. The molecule has 0 fully saturated rings. The van der Waals surface area contributed by atoms with Crippen LogP contribution in [0.3, 0.4) is 0 Å². The Morgan fingerprint density at radius 2 is 1.44 bits per heavy atom. The standard InChI is InChI=1S/C22H18N2O3/c23-24-21(20(25)14-16-8-3-1-4-9-16)18-12-7-13-19(15-18)27-22(26)17-10-5-2-6-11-17/h1-13,15H,14,23H2/b24-21+. The van der Waals surface area contributed by atoms with Gasteiger partial charge in [-0.3, -0.25) is 4.79 Å². The molecule has 0 aliphatic heterocycles. The smallest absolute Gasteiger partial charge is 0.343 e. The Bertz CT molecular complexity index is 967. The van der Waals surface area contributed by atoms with Gasteiger partial charge in [-0.2, -0.15) is 5.10 Å². The lowest BCUT2D eigenvalue weighted by Crippen LogP contribution is -2.20. The molecular formula is C22H18N2O3. The zero-order valence-electron chi connectivity index (χ0n) is 14.5. The first-order valence-corrected chi connectivity index (χ1v) is 8.40. The molecule has 0 aliphatic rings. The van der Waals surface area contributed by atoms with Crippen molar-refractivity contribution in [1.29, 1.82) is 0 Å². The second kappa shape index (κ2) is 8.58. The first-order chi connectivity index (χ1) is 13.2. The third-order valence-electron chi connectivity index (χ3n) is 3.93. The second-order valence-corrected chi connectivity index (χ2v) is 5.85. The van der Waals surface area contributed by atoms with Gasteiger partial charge in [0.05, 0.1) is 5.56 Å². The third kappa shape index (κ3) is 4.67. The molecule has 0 aromatic heterocycles. The molecule has 0 unspecified atom stereocenters. The monoisotopic (exact) mass is 358 g/mol. The van der Waals surface area contributed by atoms with E-state index in [1.165, 1.54) is 0 Å². The number of benzene rings is 3. The van der Waals surface area contributed by atoms with E-state index in [1.54, 1.807) is 48.5 Å². The average molecular weight is 358 g/mol. The summed E-state index contributed by atoms with van der Waals surface area (Å²) in [5, 5.41) is 3.66. The lowest BCUT2D eigenvalue weighted by atomic mass is 10.0. The van der Waals surface area contributed by atoms with Crippen molar-refractivity contribution in [3.63, 3.8) is 0 Å². The SMILES string of the molecule is N/N=C(/C(=O)Cc1ccccc1)c1cccc(OC(=O)c2ccccc2)c1. The number of ether oxygens (including phenoxy) is 1. The normalized spacial score (nSPS) is 11.0. The number of hydrogen-bond donors (Lipinski definition) is 1. The number of hydrazone groups is 1. The van der Waals surface area contributed by atoms with E-state index in [2.05, 4.69) is 5.10 Å². The molecule has 0 amide bonds. The van der Waals surface area contributed by atoms with E-state index in [0.29, 0.717) is 16.9 Å². The fourth-order valence-electron chi connectivity index (χ4n) is 2.62. The molecule has 5 heteroatoms. The Hall–Kier alpha value is -3.73. The van der Waals surface area contributed by atoms with Crippen LogP contribution in [0.15, 0.2) is 90.0 Å². The molecular weight excluding hydrogens is 340 g/mol. The number of hydrogen-bond acceptors (Lipinski definition) is 5. The Morgan fingerprint density at radius 1 is 0.815 bits per heavy atom.